The van der Waals surface area contributed by atoms with Crippen LogP contribution in [0.3, 0.4) is 0 Å². The van der Waals surface area contributed by atoms with Crippen LogP contribution >= 0.6 is 23.2 Å². The normalized spacial score (nSPS) is 25.5. The number of hydrogen-bond acceptors (Lipinski definition) is 4. The number of rotatable bonds is 5. The first-order valence-electron chi connectivity index (χ1n) is 10.2. The second-order valence-corrected chi connectivity index (χ2v) is 10.7. The first-order chi connectivity index (χ1) is 13.7. The van der Waals surface area contributed by atoms with Gasteiger partial charge in [-0.1, -0.05) is 49.0 Å². The number of benzene rings is 1. The van der Waals surface area contributed by atoms with E-state index in [1.54, 1.807) is 12.1 Å². The average Bonchev–Trinajstić information content (AvgIpc) is 2.71. The molecule has 29 heavy (non-hydrogen) atoms. The molecule has 3 rings (SSSR count). The number of halogens is 2. The van der Waals surface area contributed by atoms with Crippen molar-refractivity contribution in [3.63, 3.8) is 0 Å². The number of hydrogen-bond donors (Lipinski definition) is 1. The van der Waals surface area contributed by atoms with Gasteiger partial charge in [0.1, 0.15) is 4.90 Å². The Bertz CT molecular complexity index is 841. The molecule has 1 saturated carbocycles. The van der Waals surface area contributed by atoms with E-state index in [0.29, 0.717) is 32.1 Å². The Labute approximate surface area is 183 Å². The lowest BCUT2D eigenvalue weighted by Gasteiger charge is -2.38. The molecule has 2 fully saturated rings. The van der Waals surface area contributed by atoms with Gasteiger partial charge in [-0.15, -0.1) is 0 Å². The van der Waals surface area contributed by atoms with Crippen molar-refractivity contribution in [2.45, 2.75) is 56.5 Å². The van der Waals surface area contributed by atoms with Crippen molar-refractivity contribution < 1.29 is 13.2 Å². The van der Waals surface area contributed by atoms with E-state index in [4.69, 9.17) is 23.2 Å². The van der Waals surface area contributed by atoms with E-state index in [-0.39, 0.29) is 32.9 Å². The highest BCUT2D eigenvalue weighted by Gasteiger charge is 2.34. The molecule has 1 aliphatic heterocycles. The molecule has 1 aromatic rings. The van der Waals surface area contributed by atoms with Gasteiger partial charge in [0.25, 0.3) is 0 Å². The van der Waals surface area contributed by atoms with Crippen LogP contribution in [0.25, 0.3) is 0 Å². The number of nitrogens with one attached hydrogen (secondary N) is 1. The Hall–Kier alpha value is -0.860. The van der Waals surface area contributed by atoms with Crippen molar-refractivity contribution in [3.05, 3.63) is 28.2 Å². The van der Waals surface area contributed by atoms with Crippen LogP contribution in [0, 0.1) is 5.92 Å². The van der Waals surface area contributed by atoms with E-state index in [0.717, 1.165) is 19.3 Å². The third kappa shape index (κ3) is 5.07. The average molecular weight is 462 g/mol. The van der Waals surface area contributed by atoms with Crippen molar-refractivity contribution in [2.24, 2.45) is 5.92 Å². The Morgan fingerprint density at radius 1 is 1.14 bits per heavy atom. The van der Waals surface area contributed by atoms with E-state index in [9.17, 15) is 13.2 Å². The molecule has 2 aliphatic rings. The molecule has 6 nitrogen and oxygen atoms in total. The van der Waals surface area contributed by atoms with E-state index in [1.165, 1.54) is 16.8 Å². The maximum Gasteiger partial charge on any atom is 0.244 e. The highest BCUT2D eigenvalue weighted by Crippen LogP contribution is 2.31. The lowest BCUT2D eigenvalue weighted by atomic mass is 9.86. The predicted molar refractivity (Wildman–Crippen MR) is 116 cm³/mol. The fourth-order valence-electron chi connectivity index (χ4n) is 4.15. The summed E-state index contributed by atoms with van der Waals surface area (Å²) >= 11 is 12.1. The zero-order valence-corrected chi connectivity index (χ0v) is 19.2. The van der Waals surface area contributed by atoms with Crippen LogP contribution in [-0.4, -0.2) is 61.8 Å². The van der Waals surface area contributed by atoms with Crippen molar-refractivity contribution in [2.75, 3.05) is 26.2 Å². The number of piperazine rings is 1. The number of sulfonamides is 1. The molecule has 1 saturated heterocycles. The summed E-state index contributed by atoms with van der Waals surface area (Å²) in [5, 5.41) is 3.47. The van der Waals surface area contributed by atoms with Gasteiger partial charge in [0.2, 0.25) is 15.9 Å². The highest BCUT2D eigenvalue weighted by molar-refractivity contribution is 7.89. The Kier molecular flexibility index (Phi) is 7.49. The molecule has 3 unspecified atom stereocenters. The van der Waals surface area contributed by atoms with Gasteiger partial charge in [0, 0.05) is 32.2 Å². The monoisotopic (exact) mass is 461 g/mol. The second-order valence-electron chi connectivity index (χ2n) is 8.04. The largest absolute Gasteiger partial charge is 0.352 e. The SMILES string of the molecule is CC1CCCCC1NC(=O)C(C)N1CCN(S(=O)(=O)c2cccc(Cl)c2Cl)CC1. The summed E-state index contributed by atoms with van der Waals surface area (Å²) in [5.41, 5.74) is 0. The van der Waals surface area contributed by atoms with Crippen molar-refractivity contribution in [1.29, 1.82) is 0 Å². The summed E-state index contributed by atoms with van der Waals surface area (Å²) in [6, 6.07) is 4.57. The van der Waals surface area contributed by atoms with E-state index in [1.807, 2.05) is 11.8 Å². The molecule has 0 aromatic heterocycles. The number of nitrogens with zero attached hydrogens (tertiary/aromatic N) is 2. The van der Waals surface area contributed by atoms with Gasteiger partial charge < -0.3 is 5.32 Å². The minimum Gasteiger partial charge on any atom is -0.352 e. The molecule has 1 N–H and O–H groups in total. The van der Waals surface area contributed by atoms with Crippen molar-refractivity contribution in [3.8, 4) is 0 Å². The Balaban J connectivity index is 1.59. The molecule has 1 amide bonds. The topological polar surface area (TPSA) is 69.7 Å². The van der Waals surface area contributed by atoms with E-state index >= 15 is 0 Å². The summed E-state index contributed by atoms with van der Waals surface area (Å²) < 4.78 is 27.3. The summed E-state index contributed by atoms with van der Waals surface area (Å²) in [6.07, 6.45) is 4.58. The zero-order valence-electron chi connectivity index (χ0n) is 16.9. The van der Waals surface area contributed by atoms with Crippen LogP contribution in [-0.2, 0) is 14.8 Å². The van der Waals surface area contributed by atoms with Crippen molar-refractivity contribution >= 4 is 39.1 Å². The van der Waals surface area contributed by atoms with Gasteiger partial charge in [-0.2, -0.15) is 4.31 Å². The summed E-state index contributed by atoms with van der Waals surface area (Å²) in [4.78, 5) is 14.8. The lowest BCUT2D eigenvalue weighted by Crippen LogP contribution is -2.56. The fraction of sp³-hybridized carbons (Fsp3) is 0.650. The smallest absolute Gasteiger partial charge is 0.244 e. The van der Waals surface area contributed by atoms with Crippen molar-refractivity contribution in [1.82, 2.24) is 14.5 Å². The van der Waals surface area contributed by atoms with Crippen LogP contribution in [0.4, 0.5) is 0 Å². The van der Waals surface area contributed by atoms with Crippen LogP contribution < -0.4 is 5.32 Å². The first-order valence-corrected chi connectivity index (χ1v) is 12.4. The quantitative estimate of drug-likeness (QED) is 0.729. The summed E-state index contributed by atoms with van der Waals surface area (Å²) in [6.45, 7) is 5.68. The number of carbonyl (C=O) groups is 1. The fourth-order valence-corrected chi connectivity index (χ4v) is 6.31. The number of carbonyl (C=O) groups excluding carboxylic acids is 1. The Morgan fingerprint density at radius 2 is 1.79 bits per heavy atom. The van der Waals surface area contributed by atoms with Gasteiger partial charge in [-0.25, -0.2) is 8.42 Å². The van der Waals surface area contributed by atoms with Gasteiger partial charge in [0.05, 0.1) is 16.1 Å². The molecular formula is C20H29Cl2N3O3S. The minimum atomic E-state index is -3.72. The molecule has 9 heteroatoms. The lowest BCUT2D eigenvalue weighted by molar-refractivity contribution is -0.127. The minimum absolute atomic E-state index is 0.0252. The molecule has 3 atom stereocenters. The molecule has 0 bridgehead atoms. The number of amides is 1. The molecule has 1 heterocycles. The maximum atomic E-state index is 13.0. The third-order valence-electron chi connectivity index (χ3n) is 6.17. The third-order valence-corrected chi connectivity index (χ3v) is 9.05. The standard InChI is InChI=1S/C20H29Cl2N3O3S/c1-14-6-3-4-8-17(14)23-20(26)15(2)24-10-12-25(13-11-24)29(27,28)18-9-5-7-16(21)19(18)22/h5,7,9,14-15,17H,3-4,6,8,10-13H2,1-2H3,(H,23,26). The molecular weight excluding hydrogens is 433 g/mol. The van der Waals surface area contributed by atoms with Gasteiger partial charge in [-0.3, -0.25) is 9.69 Å². The van der Waals surface area contributed by atoms with Crippen LogP contribution in [0.2, 0.25) is 10.0 Å². The highest BCUT2D eigenvalue weighted by atomic mass is 35.5. The zero-order chi connectivity index (χ0) is 21.2. The predicted octanol–water partition coefficient (Wildman–Crippen LogP) is 3.38. The summed E-state index contributed by atoms with van der Waals surface area (Å²) in [7, 11) is -3.72. The second kappa shape index (κ2) is 9.52. The Morgan fingerprint density at radius 3 is 2.45 bits per heavy atom. The molecule has 0 radical (unpaired) electrons. The van der Waals surface area contributed by atoms with Gasteiger partial charge >= 0.3 is 0 Å². The summed E-state index contributed by atoms with van der Waals surface area (Å²) in [5.74, 6) is 0.530. The van der Waals surface area contributed by atoms with Crippen LogP contribution in [0.1, 0.15) is 39.5 Å². The van der Waals surface area contributed by atoms with E-state index < -0.39 is 10.0 Å². The van der Waals surface area contributed by atoms with E-state index in [2.05, 4.69) is 12.2 Å². The van der Waals surface area contributed by atoms with Gasteiger partial charge in [-0.05, 0) is 37.8 Å². The van der Waals surface area contributed by atoms with Crippen LogP contribution in [0.5, 0.6) is 0 Å². The maximum absolute atomic E-state index is 13.0. The molecule has 1 aliphatic carbocycles. The molecule has 1 aromatic carbocycles. The first kappa shape index (κ1) is 22.8. The van der Waals surface area contributed by atoms with Gasteiger partial charge in [0.15, 0.2) is 0 Å². The molecule has 162 valence electrons. The molecule has 0 spiro atoms. The van der Waals surface area contributed by atoms with Crippen LogP contribution in [0.15, 0.2) is 23.1 Å².